The van der Waals surface area contributed by atoms with Gasteiger partial charge in [-0.1, -0.05) is 37.5 Å². The number of urea groups is 1. The molecule has 0 heterocycles. The first kappa shape index (κ1) is 50.8. The number of carbonyl (C=O) groups is 8. The first-order chi connectivity index (χ1) is 29.2. The minimum Gasteiger partial charge on any atom is -0.481 e. The Hall–Kier alpha value is -6.38. The van der Waals surface area contributed by atoms with E-state index in [1.807, 2.05) is 0 Å². The number of rotatable bonds is 28. The van der Waals surface area contributed by atoms with Crippen molar-refractivity contribution in [3.63, 3.8) is 0 Å². The second-order valence-corrected chi connectivity index (χ2v) is 14.3. The predicted molar refractivity (Wildman–Crippen MR) is 230 cm³/mol. The van der Waals surface area contributed by atoms with Gasteiger partial charge in [0.25, 0.3) is 11.8 Å². The molecule has 0 fully saturated rings. The lowest BCUT2D eigenvalue weighted by atomic mass is 10.0. The van der Waals surface area contributed by atoms with Crippen LogP contribution < -0.4 is 48.9 Å². The zero-order valence-electron chi connectivity index (χ0n) is 34.0. The zero-order valence-corrected chi connectivity index (χ0v) is 34.9. The van der Waals surface area contributed by atoms with Crippen molar-refractivity contribution in [2.24, 2.45) is 16.5 Å². The van der Waals surface area contributed by atoms with E-state index in [1.165, 1.54) is 36.4 Å². The van der Waals surface area contributed by atoms with Crippen LogP contribution in [0.2, 0.25) is 0 Å². The highest BCUT2D eigenvalue weighted by Crippen LogP contribution is 2.18. The molecule has 2 atom stereocenters. The maximum absolute atomic E-state index is 12.7. The van der Waals surface area contributed by atoms with Crippen LogP contribution in [0.3, 0.4) is 0 Å². The number of amides is 7. The highest BCUT2D eigenvalue weighted by atomic mass is 32.1. The fraction of sp³-hybridized carbons (Fsp3) is 0.475. The van der Waals surface area contributed by atoms with Crippen LogP contribution in [0.1, 0.15) is 116 Å². The molecule has 21 heteroatoms. The number of guanidine groups is 1. The number of nitrogens with one attached hydrogen (secondary N) is 7. The second-order valence-electron chi connectivity index (χ2n) is 13.9. The fourth-order valence-corrected chi connectivity index (χ4v) is 5.94. The first-order valence-electron chi connectivity index (χ1n) is 20.0. The van der Waals surface area contributed by atoms with E-state index in [1.54, 1.807) is 12.1 Å². The van der Waals surface area contributed by atoms with Crippen LogP contribution in [0, 0.1) is 0 Å². The number of nitrogens with two attached hydrogens (primary N) is 2. The summed E-state index contributed by atoms with van der Waals surface area (Å²) >= 11 is 3.91. The van der Waals surface area contributed by atoms with Gasteiger partial charge >= 0.3 is 18.0 Å². The summed E-state index contributed by atoms with van der Waals surface area (Å²) in [5.74, 6) is -3.95. The number of hydrazine groups is 1. The van der Waals surface area contributed by atoms with Crippen LogP contribution in [0.4, 0.5) is 10.5 Å². The van der Waals surface area contributed by atoms with Crippen molar-refractivity contribution in [3.05, 3.63) is 65.2 Å². The molecule has 0 aromatic heterocycles. The van der Waals surface area contributed by atoms with Gasteiger partial charge < -0.3 is 48.3 Å². The van der Waals surface area contributed by atoms with Crippen molar-refractivity contribution in [2.75, 3.05) is 25.4 Å². The maximum atomic E-state index is 12.7. The van der Waals surface area contributed by atoms with Crippen LogP contribution in [-0.4, -0.2) is 95.1 Å². The number of carboxylic acid groups (broad SMARTS) is 2. The van der Waals surface area contributed by atoms with Crippen molar-refractivity contribution in [1.29, 1.82) is 0 Å². The molecule has 0 radical (unpaired) electrons. The van der Waals surface area contributed by atoms with E-state index in [4.69, 9.17) is 16.6 Å². The zero-order chi connectivity index (χ0) is 45.0. The topological polar surface area (TPSA) is 326 Å². The predicted octanol–water partition coefficient (Wildman–Crippen LogP) is 1.89. The Kier molecular flexibility index (Phi) is 24.1. The van der Waals surface area contributed by atoms with Crippen LogP contribution in [0.15, 0.2) is 53.5 Å². The van der Waals surface area contributed by atoms with Crippen molar-refractivity contribution in [1.82, 2.24) is 37.4 Å². The number of carbonyl (C=O) groups excluding carboxylic acids is 6. The standard InChI is InChI=1S/C40H58N10O10S/c41-39(42)46-29-12-10-11-28(23-29)37(57)49-50-40(60)48-30(24-35(54)55)26-16-18-27(19-17-26)36(56)45-22-9-2-5-14-33(52)43-20-7-1-4-13-32(51)44-21-8-3-6-15-34(53)47-31(25-61)38(58)59/h10-12,16-19,23,30-31,61H,1-9,13-15,20-22,24-25H2,(H,43,52)(H,44,51)(H,45,56)(H,47,53)(H,49,57)(H,54,55)(H,58,59)(H4,41,42,46)(H2,48,50,60)/t30-,31-/m1/s1. The quantitative estimate of drug-likeness (QED) is 0.0192. The van der Waals surface area contributed by atoms with Crippen LogP contribution in [0.5, 0.6) is 0 Å². The van der Waals surface area contributed by atoms with Gasteiger partial charge in [0.2, 0.25) is 17.7 Å². The van der Waals surface area contributed by atoms with Crippen molar-refractivity contribution in [2.45, 2.75) is 95.6 Å². The SMILES string of the molecule is NC(N)=Nc1cccc(C(=O)NNC(=O)N[C@H](CC(=O)O)c2ccc(C(=O)NCCCCCC(=O)NCCCCCC(=O)NCCCCCC(=O)N[C@H](CS)C(=O)O)cc2)c1. The van der Waals surface area contributed by atoms with Crippen molar-refractivity contribution < 1.29 is 48.6 Å². The molecule has 0 saturated heterocycles. The van der Waals surface area contributed by atoms with Gasteiger partial charge in [-0.05, 0) is 74.4 Å². The Morgan fingerprint density at radius 2 is 1.18 bits per heavy atom. The Labute approximate surface area is 359 Å². The number of aliphatic carboxylic acids is 2. The van der Waals surface area contributed by atoms with Crippen molar-refractivity contribution in [3.8, 4) is 0 Å². The molecule has 20 nitrogen and oxygen atoms in total. The number of carboxylic acids is 2. The average Bonchev–Trinajstić information content (AvgIpc) is 3.22. The highest BCUT2D eigenvalue weighted by Gasteiger charge is 2.20. The second kappa shape index (κ2) is 28.9. The van der Waals surface area contributed by atoms with E-state index in [-0.39, 0.29) is 47.3 Å². The Morgan fingerprint density at radius 1 is 0.623 bits per heavy atom. The molecule has 7 amide bonds. The van der Waals surface area contributed by atoms with Gasteiger partial charge in [-0.3, -0.25) is 34.2 Å². The van der Waals surface area contributed by atoms with Crippen LogP contribution >= 0.6 is 12.6 Å². The monoisotopic (exact) mass is 870 g/mol. The molecule has 0 aliphatic heterocycles. The summed E-state index contributed by atoms with van der Waals surface area (Å²) in [5.41, 5.74) is 16.3. The summed E-state index contributed by atoms with van der Waals surface area (Å²) in [6.07, 6.45) is 6.74. The van der Waals surface area contributed by atoms with Crippen LogP contribution in [-0.2, 0) is 24.0 Å². The lowest BCUT2D eigenvalue weighted by Crippen LogP contribution is -2.48. The molecule has 0 aliphatic rings. The van der Waals surface area contributed by atoms with Gasteiger partial charge in [-0.15, -0.1) is 0 Å². The molecule has 2 rings (SSSR count). The number of thiol groups is 1. The summed E-state index contributed by atoms with van der Waals surface area (Å²) in [6.45, 7) is 1.40. The summed E-state index contributed by atoms with van der Waals surface area (Å²) < 4.78 is 0. The number of hydrogen-bond acceptors (Lipinski definition) is 10. The third-order valence-electron chi connectivity index (χ3n) is 8.90. The minimum atomic E-state index is -1.19. The van der Waals surface area contributed by atoms with Crippen LogP contribution in [0.25, 0.3) is 0 Å². The molecule has 13 N–H and O–H groups in total. The first-order valence-corrected chi connectivity index (χ1v) is 20.6. The molecule has 0 spiro atoms. The summed E-state index contributed by atoms with van der Waals surface area (Å²) in [5, 5.41) is 31.8. The number of benzene rings is 2. The van der Waals surface area contributed by atoms with Crippen molar-refractivity contribution >= 4 is 71.8 Å². The molecular weight excluding hydrogens is 813 g/mol. The van der Waals surface area contributed by atoms with E-state index in [2.05, 4.69) is 55.1 Å². The van der Waals surface area contributed by atoms with E-state index in [9.17, 15) is 43.5 Å². The average molecular weight is 871 g/mol. The minimum absolute atomic E-state index is 0.0168. The van der Waals surface area contributed by atoms with E-state index >= 15 is 0 Å². The molecule has 0 unspecified atom stereocenters. The van der Waals surface area contributed by atoms with Gasteiger partial charge in [0.15, 0.2) is 5.96 Å². The Balaban J connectivity index is 1.56. The molecule has 2 aromatic rings. The summed E-state index contributed by atoms with van der Waals surface area (Å²) in [7, 11) is 0. The van der Waals surface area contributed by atoms with E-state index in [0.717, 1.165) is 25.7 Å². The van der Waals surface area contributed by atoms with E-state index < -0.39 is 42.4 Å². The number of unbranched alkanes of at least 4 members (excludes halogenated alkanes) is 6. The van der Waals surface area contributed by atoms with E-state index in [0.29, 0.717) is 81.4 Å². The molecule has 61 heavy (non-hydrogen) atoms. The van der Waals surface area contributed by atoms with Gasteiger partial charge in [0, 0.05) is 55.8 Å². The summed E-state index contributed by atoms with van der Waals surface area (Å²) in [6, 6.07) is 9.20. The van der Waals surface area contributed by atoms with Gasteiger partial charge in [0.05, 0.1) is 18.2 Å². The molecule has 0 bridgehead atoms. The third kappa shape index (κ3) is 22.5. The summed E-state index contributed by atoms with van der Waals surface area (Å²) in [4.78, 5) is 100. The Morgan fingerprint density at radius 3 is 1.70 bits per heavy atom. The molecule has 0 aliphatic carbocycles. The smallest absolute Gasteiger partial charge is 0.333 e. The largest absolute Gasteiger partial charge is 0.481 e. The Bertz CT molecular complexity index is 1810. The lowest BCUT2D eigenvalue weighted by molar-refractivity contribution is -0.141. The fourth-order valence-electron chi connectivity index (χ4n) is 5.69. The van der Waals surface area contributed by atoms with Gasteiger partial charge in [-0.2, -0.15) is 12.6 Å². The maximum Gasteiger partial charge on any atom is 0.333 e. The molecule has 2 aromatic carbocycles. The van der Waals surface area contributed by atoms with Gasteiger partial charge in [0.1, 0.15) is 6.04 Å². The number of aliphatic imine (C=N–C) groups is 1. The highest BCUT2D eigenvalue weighted by molar-refractivity contribution is 7.80. The van der Waals surface area contributed by atoms with Gasteiger partial charge in [-0.25, -0.2) is 20.0 Å². The number of nitrogens with zero attached hydrogens (tertiary/aromatic N) is 1. The number of hydrogen-bond donors (Lipinski definition) is 12. The lowest BCUT2D eigenvalue weighted by Gasteiger charge is -2.18. The molecule has 334 valence electrons. The molecule has 0 saturated carbocycles. The molecular formula is C40H58N10O10S. The normalized spacial score (nSPS) is 11.5. The third-order valence-corrected chi connectivity index (χ3v) is 9.27.